The number of aliphatic hydroxyl groups is 2. The number of fused-ring (bicyclic) bond motifs is 13. The molecule has 3 fully saturated rings. The standard InChI is InChI=1S/C57H80N6O12/c1-31(2)30-61-22-20-57(21-23-61)59-45-42-43-50(68)37(8)53-44(42)54(70)56(9,75-53)73-28-19-39(72-10)34(5)52(74-41(65)29-40(64)63-26-24-62(25-27-63)38-17-12-11-13-18-38)36(7)49(67)35(6)48(66)32(3)15-14-16-33(4)55(71)58-47(51(43)69)46(45)60-57/h14-16,19,28,31-32,34-36,38-39,48-49,52,66-69H,11-13,17-18,20-27,29-30H2,1-10H3,(H,58,71)/b15-14+,28-19+,33-16-/t32-,34+,35+,36+,39-,48-,49+,52+,56?/m0/s1. The van der Waals surface area contributed by atoms with Crippen molar-refractivity contribution < 1.29 is 58.6 Å². The number of esters is 1. The van der Waals surface area contributed by atoms with Crippen LogP contribution >= 0.6 is 0 Å². The summed E-state index contributed by atoms with van der Waals surface area (Å²) in [6.07, 6.45) is 10.0. The van der Waals surface area contributed by atoms with Gasteiger partial charge in [-0.25, -0.2) is 0 Å². The minimum Gasteiger partial charge on any atom is -0.507 e. The highest BCUT2D eigenvalue weighted by Crippen LogP contribution is 2.50. The van der Waals surface area contributed by atoms with Gasteiger partial charge in [-0.3, -0.25) is 34.1 Å². The molecule has 410 valence electrons. The third kappa shape index (κ3) is 11.2. The van der Waals surface area contributed by atoms with E-state index in [1.807, 2.05) is 0 Å². The van der Waals surface area contributed by atoms with Gasteiger partial charge in [0, 0.05) is 119 Å². The molecule has 2 saturated heterocycles. The second-order valence-corrected chi connectivity index (χ2v) is 22.7. The molecular formula is C57H80N6O12. The van der Waals surface area contributed by atoms with Crippen molar-refractivity contribution in [1.29, 1.82) is 0 Å². The van der Waals surface area contributed by atoms with Crippen LogP contribution in [0.3, 0.4) is 0 Å². The fourth-order valence-electron chi connectivity index (χ4n) is 12.2. The van der Waals surface area contributed by atoms with E-state index in [0.717, 1.165) is 19.6 Å². The normalized spacial score (nSPS) is 31.7. The topological polar surface area (TPSA) is 233 Å². The number of anilines is 1. The summed E-state index contributed by atoms with van der Waals surface area (Å²) in [7, 11) is 1.46. The van der Waals surface area contributed by atoms with Crippen LogP contribution in [-0.4, -0.2) is 154 Å². The van der Waals surface area contributed by atoms with E-state index in [2.05, 4.69) is 29.0 Å². The molecule has 1 spiro atoms. The van der Waals surface area contributed by atoms with Crippen molar-refractivity contribution >= 4 is 40.0 Å². The summed E-state index contributed by atoms with van der Waals surface area (Å²) in [6.45, 7) is 20.7. The van der Waals surface area contributed by atoms with Crippen molar-refractivity contribution in [1.82, 2.24) is 14.7 Å². The van der Waals surface area contributed by atoms with Gasteiger partial charge in [-0.15, -0.1) is 0 Å². The van der Waals surface area contributed by atoms with E-state index in [4.69, 9.17) is 28.9 Å². The maximum atomic E-state index is 15.0. The first-order valence-corrected chi connectivity index (χ1v) is 27.2. The molecule has 1 unspecified atom stereocenters. The van der Waals surface area contributed by atoms with E-state index < -0.39 is 89.4 Å². The number of piperidine rings is 1. The highest BCUT2D eigenvalue weighted by Gasteiger charge is 2.50. The van der Waals surface area contributed by atoms with Crippen LogP contribution in [0.4, 0.5) is 5.69 Å². The Morgan fingerprint density at radius 1 is 0.867 bits per heavy atom. The lowest BCUT2D eigenvalue weighted by molar-refractivity contribution is -0.165. The van der Waals surface area contributed by atoms with Crippen LogP contribution in [0.25, 0.3) is 10.8 Å². The fourth-order valence-corrected chi connectivity index (χ4v) is 12.2. The van der Waals surface area contributed by atoms with Crippen LogP contribution in [-0.2, 0) is 28.6 Å². The summed E-state index contributed by atoms with van der Waals surface area (Å²) in [5, 5.41) is 51.2. The maximum absolute atomic E-state index is 15.0. The number of likely N-dealkylation sites (tertiary alicyclic amines) is 1. The molecule has 6 aliphatic heterocycles. The number of ether oxygens (including phenoxy) is 4. The van der Waals surface area contributed by atoms with Crippen LogP contribution < -0.4 is 20.8 Å². The van der Waals surface area contributed by atoms with Crippen molar-refractivity contribution in [2.45, 2.75) is 156 Å². The van der Waals surface area contributed by atoms with E-state index in [-0.39, 0.29) is 61.3 Å². The molecule has 5 N–H and O–H groups in total. The lowest BCUT2D eigenvalue weighted by atomic mass is 9.78. The number of carbonyl (C=O) groups is 4. The Morgan fingerprint density at radius 3 is 2.19 bits per heavy atom. The number of phenols is 2. The predicted molar refractivity (Wildman–Crippen MR) is 282 cm³/mol. The number of benzene rings is 2. The Kier molecular flexibility index (Phi) is 16.9. The Morgan fingerprint density at radius 2 is 1.53 bits per heavy atom. The zero-order chi connectivity index (χ0) is 54.3. The maximum Gasteiger partial charge on any atom is 0.315 e. The van der Waals surface area contributed by atoms with Gasteiger partial charge in [-0.1, -0.05) is 79.0 Å². The van der Waals surface area contributed by atoms with Gasteiger partial charge in [0.05, 0.1) is 40.9 Å². The third-order valence-electron chi connectivity index (χ3n) is 16.9. The van der Waals surface area contributed by atoms with Crippen LogP contribution in [0.15, 0.2) is 46.1 Å². The van der Waals surface area contributed by atoms with Crippen molar-refractivity contribution in [3.63, 3.8) is 0 Å². The first-order valence-electron chi connectivity index (χ1n) is 27.2. The van der Waals surface area contributed by atoms with Gasteiger partial charge in [0.2, 0.25) is 5.91 Å². The number of carbonyl (C=O) groups excluding carboxylic acids is 4. The van der Waals surface area contributed by atoms with Gasteiger partial charge in [-0.2, -0.15) is 0 Å². The number of hydrogen-bond donors (Lipinski definition) is 5. The Hall–Kier alpha value is -5.40. The van der Waals surface area contributed by atoms with E-state index >= 15 is 0 Å². The number of methoxy groups -OCH3 is 1. The van der Waals surface area contributed by atoms with E-state index in [1.54, 1.807) is 64.7 Å². The monoisotopic (exact) mass is 1040 g/mol. The smallest absolute Gasteiger partial charge is 0.315 e. The van der Waals surface area contributed by atoms with Gasteiger partial charge in [0.1, 0.15) is 35.1 Å². The van der Waals surface area contributed by atoms with Gasteiger partial charge >= 0.3 is 11.8 Å². The number of nitrogens with one attached hydrogen (secondary N) is 1. The molecular weight excluding hydrogens is 961 g/mol. The molecule has 6 heterocycles. The first-order chi connectivity index (χ1) is 35.6. The molecule has 2 aromatic carbocycles. The number of aliphatic hydroxyl groups excluding tert-OH is 2. The second kappa shape index (κ2) is 22.7. The zero-order valence-corrected chi connectivity index (χ0v) is 45.6. The molecule has 1 saturated carbocycles. The number of aromatic hydroxyl groups is 2. The van der Waals surface area contributed by atoms with Crippen LogP contribution in [0.1, 0.15) is 123 Å². The number of allylic oxidation sites excluding steroid dienone is 2. The van der Waals surface area contributed by atoms with Gasteiger partial charge in [-0.05, 0) is 38.7 Å². The highest BCUT2D eigenvalue weighted by molar-refractivity contribution is 6.19. The molecule has 5 bridgehead atoms. The summed E-state index contributed by atoms with van der Waals surface area (Å²) in [5.74, 6) is -7.57. The Bertz CT molecular complexity index is 2740. The number of amides is 2. The van der Waals surface area contributed by atoms with Crippen LogP contribution in [0.2, 0.25) is 0 Å². The molecule has 1 aliphatic carbocycles. The van der Waals surface area contributed by atoms with Crippen LogP contribution in [0, 0.1) is 36.5 Å². The van der Waals surface area contributed by atoms with Crippen LogP contribution in [0.5, 0.6) is 17.2 Å². The number of phenolic OH excluding ortho intramolecular Hbond substituents is 2. The van der Waals surface area contributed by atoms with Crippen molar-refractivity contribution in [3.05, 3.63) is 58.0 Å². The Labute approximate surface area is 440 Å². The minimum atomic E-state index is -2.01. The lowest BCUT2D eigenvalue weighted by Crippen LogP contribution is -2.52. The zero-order valence-electron chi connectivity index (χ0n) is 45.6. The number of hydrogen-bond acceptors (Lipinski definition) is 16. The van der Waals surface area contributed by atoms with Gasteiger partial charge in [0.15, 0.2) is 11.4 Å². The lowest BCUT2D eigenvalue weighted by Gasteiger charge is -2.41. The summed E-state index contributed by atoms with van der Waals surface area (Å²) in [5.41, 5.74) is -0.667. The molecule has 0 aromatic heterocycles. The second-order valence-electron chi connectivity index (χ2n) is 22.7. The highest BCUT2D eigenvalue weighted by atomic mass is 16.7. The number of piperazine rings is 1. The first kappa shape index (κ1) is 55.8. The van der Waals surface area contributed by atoms with Gasteiger partial charge in [0.25, 0.3) is 11.7 Å². The third-order valence-corrected chi connectivity index (χ3v) is 16.9. The summed E-state index contributed by atoms with van der Waals surface area (Å²) >= 11 is 0. The van der Waals surface area contributed by atoms with Crippen molar-refractivity contribution in [3.8, 4) is 17.2 Å². The number of nitrogens with zero attached hydrogens (tertiary/aromatic N) is 5. The molecule has 2 amide bonds. The SMILES string of the molecule is CO[C@H]1/C=C/OC2(C)Oc3c(C)c(O)c4c(O)c(c5c(c4c3C2=O)=NC2(CCN(CC(C)C)CC2)N=5)NC(=O)/C(C)=C\C=C\[C@H](C)[C@H](O)[C@@H](C)[C@@H](O)[C@@H](C)[C@H](OC(=O)CC(=O)N2CCN(C3CCCCC3)CC2)[C@@H]1C. The van der Waals surface area contributed by atoms with E-state index in [1.165, 1.54) is 58.5 Å². The quantitative estimate of drug-likeness (QED) is 0.129. The average Bonchev–Trinajstić information content (AvgIpc) is 3.95. The fraction of sp³-hybridized carbons (Fsp3) is 0.649. The van der Waals surface area contributed by atoms with Crippen molar-refractivity contribution in [2.24, 2.45) is 39.6 Å². The number of rotatable bonds is 7. The largest absolute Gasteiger partial charge is 0.507 e. The van der Waals surface area contributed by atoms with Gasteiger partial charge < -0.3 is 54.5 Å². The molecule has 75 heavy (non-hydrogen) atoms. The molecule has 2 aromatic rings. The average molecular weight is 1040 g/mol. The Balaban J connectivity index is 1.14. The number of Topliss-reactive ketones (excluding diaryl/α,β-unsaturated/α-hetero) is 1. The molecule has 7 aliphatic rings. The summed E-state index contributed by atoms with van der Waals surface area (Å²) in [4.78, 5) is 73.5. The molecule has 9 rings (SSSR count). The molecule has 18 nitrogen and oxygen atoms in total. The summed E-state index contributed by atoms with van der Waals surface area (Å²) in [6, 6.07) is 0.529. The molecule has 0 radical (unpaired) electrons. The van der Waals surface area contributed by atoms with E-state index in [0.29, 0.717) is 51.0 Å². The molecule has 9 atom stereocenters. The minimum absolute atomic E-state index is 0.0158. The number of ketones is 1. The van der Waals surface area contributed by atoms with Crippen molar-refractivity contribution in [2.75, 3.05) is 58.2 Å². The summed E-state index contributed by atoms with van der Waals surface area (Å²) < 4.78 is 24.8. The molecule has 18 heteroatoms. The van der Waals surface area contributed by atoms with E-state index in [9.17, 15) is 39.6 Å². The predicted octanol–water partition coefficient (Wildman–Crippen LogP) is 5.60.